The summed E-state index contributed by atoms with van der Waals surface area (Å²) >= 11 is 0. The zero-order valence-corrected chi connectivity index (χ0v) is 7.05. The van der Waals surface area contributed by atoms with Gasteiger partial charge < -0.3 is 4.90 Å². The molecule has 0 spiro atoms. The highest BCUT2D eigenvalue weighted by atomic mass is 16.1. The van der Waals surface area contributed by atoms with Gasteiger partial charge in [-0.1, -0.05) is 6.92 Å². The molecule has 0 unspecified atom stereocenters. The van der Waals surface area contributed by atoms with Crippen LogP contribution in [-0.2, 0) is 4.79 Å². The Morgan fingerprint density at radius 1 is 1.27 bits per heavy atom. The van der Waals surface area contributed by atoms with Gasteiger partial charge in [0.2, 0.25) is 0 Å². The van der Waals surface area contributed by atoms with Crippen LogP contribution >= 0.6 is 0 Å². The maximum atomic E-state index is 10.2. The van der Waals surface area contributed by atoms with Gasteiger partial charge in [0.15, 0.2) is 0 Å². The molecule has 3 nitrogen and oxygen atoms in total. The van der Waals surface area contributed by atoms with Gasteiger partial charge in [-0.2, -0.15) is 0 Å². The molecule has 3 heteroatoms. The molecule has 0 N–H and O–H groups in total. The fourth-order valence-electron chi connectivity index (χ4n) is 1.38. The molecule has 1 amide bonds. The van der Waals surface area contributed by atoms with Crippen LogP contribution in [0.1, 0.15) is 13.3 Å². The second-order valence-corrected chi connectivity index (χ2v) is 2.92. The molecule has 11 heavy (non-hydrogen) atoms. The van der Waals surface area contributed by atoms with Crippen molar-refractivity contribution in [2.24, 2.45) is 0 Å². The predicted molar refractivity (Wildman–Crippen MR) is 44.0 cm³/mol. The van der Waals surface area contributed by atoms with Crippen LogP contribution < -0.4 is 0 Å². The molecule has 0 aliphatic carbocycles. The Bertz CT molecular complexity index is 119. The third-order valence-corrected chi connectivity index (χ3v) is 2.04. The molecule has 1 saturated heterocycles. The Balaban J connectivity index is 2.18. The van der Waals surface area contributed by atoms with Crippen molar-refractivity contribution in [3.8, 4) is 0 Å². The lowest BCUT2D eigenvalue weighted by Crippen LogP contribution is -2.45. The zero-order valence-electron chi connectivity index (χ0n) is 7.05. The number of nitrogens with zero attached hydrogens (tertiary/aromatic N) is 2. The van der Waals surface area contributed by atoms with E-state index in [1.807, 2.05) is 6.41 Å². The van der Waals surface area contributed by atoms with E-state index >= 15 is 0 Å². The minimum atomic E-state index is 0.851. The van der Waals surface area contributed by atoms with Gasteiger partial charge in [0.05, 0.1) is 0 Å². The molecule has 63 valence electrons. The van der Waals surface area contributed by atoms with Crippen molar-refractivity contribution in [3.05, 3.63) is 0 Å². The minimum Gasteiger partial charge on any atom is -0.332 e. The molecule has 0 aromatic carbocycles. The van der Waals surface area contributed by atoms with Crippen molar-refractivity contribution >= 4 is 6.41 Å². The number of amides is 1. The third kappa shape index (κ3) is 2.50. The molecule has 1 heterocycles. The summed E-state index contributed by atoms with van der Waals surface area (Å²) in [5.74, 6) is 0. The summed E-state index contributed by atoms with van der Waals surface area (Å²) in [6.07, 6.45) is 3.12. The quantitative estimate of drug-likeness (QED) is 0.576. The topological polar surface area (TPSA) is 23.6 Å². The molecule has 0 atom stereocenters. The first-order chi connectivity index (χ1) is 5.36. The van der Waals surface area contributed by atoms with Crippen LogP contribution in [0.5, 0.6) is 0 Å². The molecule has 1 aliphatic heterocycles. The Kier molecular flexibility index (Phi) is 3.36. The summed E-state index contributed by atoms with van der Waals surface area (Å²) in [6, 6.07) is 0. The van der Waals surface area contributed by atoms with E-state index in [4.69, 9.17) is 0 Å². The molecular formula is C8H15N2O. The van der Waals surface area contributed by atoms with Crippen LogP contribution in [0.2, 0.25) is 0 Å². The highest BCUT2D eigenvalue weighted by Crippen LogP contribution is 1.99. The lowest BCUT2D eigenvalue weighted by Gasteiger charge is -2.31. The van der Waals surface area contributed by atoms with E-state index in [2.05, 4.69) is 11.8 Å². The van der Waals surface area contributed by atoms with Crippen LogP contribution in [0, 0.1) is 0 Å². The third-order valence-electron chi connectivity index (χ3n) is 2.04. The number of hydrogen-bond acceptors (Lipinski definition) is 2. The van der Waals surface area contributed by atoms with Crippen molar-refractivity contribution in [2.45, 2.75) is 13.3 Å². The maximum Gasteiger partial charge on any atom is 0.312 e. The number of piperazine rings is 1. The van der Waals surface area contributed by atoms with Crippen LogP contribution in [-0.4, -0.2) is 48.9 Å². The summed E-state index contributed by atoms with van der Waals surface area (Å²) < 4.78 is 0. The summed E-state index contributed by atoms with van der Waals surface area (Å²) in [5, 5.41) is 0. The molecule has 1 aliphatic rings. The number of carbonyl (C=O) groups excluding carboxylic acids is 1. The fourth-order valence-corrected chi connectivity index (χ4v) is 1.38. The second-order valence-electron chi connectivity index (χ2n) is 2.92. The van der Waals surface area contributed by atoms with Crippen LogP contribution in [0.3, 0.4) is 0 Å². The first-order valence-electron chi connectivity index (χ1n) is 4.22. The molecular weight excluding hydrogens is 140 g/mol. The lowest BCUT2D eigenvalue weighted by molar-refractivity contribution is 0.179. The monoisotopic (exact) mass is 155 g/mol. The summed E-state index contributed by atoms with van der Waals surface area (Å²) in [6.45, 7) is 7.07. The molecule has 1 radical (unpaired) electrons. The van der Waals surface area contributed by atoms with E-state index in [1.165, 1.54) is 6.42 Å². The van der Waals surface area contributed by atoms with E-state index < -0.39 is 0 Å². The Morgan fingerprint density at radius 3 is 2.36 bits per heavy atom. The summed E-state index contributed by atoms with van der Waals surface area (Å²) in [4.78, 5) is 14.3. The van der Waals surface area contributed by atoms with E-state index in [0.29, 0.717) is 0 Å². The van der Waals surface area contributed by atoms with Gasteiger partial charge in [-0.05, 0) is 13.0 Å². The molecule has 0 saturated carbocycles. The minimum absolute atomic E-state index is 0.851. The van der Waals surface area contributed by atoms with Gasteiger partial charge in [-0.3, -0.25) is 9.69 Å². The highest BCUT2D eigenvalue weighted by Gasteiger charge is 2.14. The van der Waals surface area contributed by atoms with Crippen LogP contribution in [0.4, 0.5) is 0 Å². The summed E-state index contributed by atoms with van der Waals surface area (Å²) in [5.41, 5.74) is 0. The maximum absolute atomic E-state index is 10.2. The van der Waals surface area contributed by atoms with Crippen molar-refractivity contribution in [1.29, 1.82) is 0 Å². The Morgan fingerprint density at radius 2 is 1.91 bits per heavy atom. The first-order valence-corrected chi connectivity index (χ1v) is 4.22. The number of hydrogen-bond donors (Lipinski definition) is 0. The SMILES string of the molecule is CCCN1CCN([C]=O)CC1. The molecule has 0 bridgehead atoms. The van der Waals surface area contributed by atoms with Gasteiger partial charge in [-0.15, -0.1) is 0 Å². The van der Waals surface area contributed by atoms with Crippen molar-refractivity contribution in [3.63, 3.8) is 0 Å². The average Bonchev–Trinajstić information content (AvgIpc) is 2.07. The van der Waals surface area contributed by atoms with Crippen LogP contribution in [0.25, 0.3) is 0 Å². The van der Waals surface area contributed by atoms with Crippen molar-refractivity contribution in [1.82, 2.24) is 9.80 Å². The van der Waals surface area contributed by atoms with E-state index in [9.17, 15) is 4.79 Å². The first kappa shape index (κ1) is 8.53. The normalized spacial score (nSPS) is 20.3. The van der Waals surface area contributed by atoms with Gasteiger partial charge in [-0.25, -0.2) is 0 Å². The van der Waals surface area contributed by atoms with Crippen molar-refractivity contribution < 1.29 is 4.79 Å². The van der Waals surface area contributed by atoms with Crippen molar-refractivity contribution in [2.75, 3.05) is 32.7 Å². The molecule has 1 rings (SSSR count). The zero-order chi connectivity index (χ0) is 8.10. The number of rotatable bonds is 3. The highest BCUT2D eigenvalue weighted by molar-refractivity contribution is 5.48. The van der Waals surface area contributed by atoms with E-state index in [1.54, 1.807) is 4.90 Å². The largest absolute Gasteiger partial charge is 0.332 e. The smallest absolute Gasteiger partial charge is 0.312 e. The summed E-state index contributed by atoms with van der Waals surface area (Å²) in [7, 11) is 0. The predicted octanol–water partition coefficient (Wildman–Crippen LogP) is 0.0812. The fraction of sp³-hybridized carbons (Fsp3) is 0.875. The van der Waals surface area contributed by atoms with E-state index in [-0.39, 0.29) is 0 Å². The van der Waals surface area contributed by atoms with Gasteiger partial charge >= 0.3 is 6.41 Å². The standard InChI is InChI=1S/C8H15N2O/c1-2-3-9-4-6-10(8-11)7-5-9/h2-7H2,1H3. The average molecular weight is 155 g/mol. The lowest BCUT2D eigenvalue weighted by atomic mass is 10.3. The molecule has 0 aromatic heterocycles. The van der Waals surface area contributed by atoms with Gasteiger partial charge in [0, 0.05) is 26.2 Å². The Hall–Kier alpha value is -0.570. The van der Waals surface area contributed by atoms with E-state index in [0.717, 1.165) is 32.7 Å². The molecule has 0 aromatic rings. The van der Waals surface area contributed by atoms with Gasteiger partial charge in [0.25, 0.3) is 0 Å². The Labute approximate surface area is 68.0 Å². The van der Waals surface area contributed by atoms with Crippen LogP contribution in [0.15, 0.2) is 0 Å². The van der Waals surface area contributed by atoms with Gasteiger partial charge in [0.1, 0.15) is 0 Å². The second kappa shape index (κ2) is 4.34. The molecule has 1 fully saturated rings.